The molecule has 0 radical (unpaired) electrons. The van der Waals surface area contributed by atoms with Crippen molar-refractivity contribution < 1.29 is 23.1 Å². The van der Waals surface area contributed by atoms with Crippen molar-refractivity contribution in [2.24, 2.45) is 0 Å². The maximum absolute atomic E-state index is 10.6. The molecule has 3 N–H and O–H groups in total. The van der Waals surface area contributed by atoms with E-state index in [9.17, 15) is 13.2 Å². The highest BCUT2D eigenvalue weighted by atomic mass is 19.4. The summed E-state index contributed by atoms with van der Waals surface area (Å²) in [7, 11) is 0. The van der Waals surface area contributed by atoms with E-state index in [4.69, 9.17) is 9.90 Å². The van der Waals surface area contributed by atoms with E-state index in [2.05, 4.69) is 55.5 Å². The van der Waals surface area contributed by atoms with Gasteiger partial charge in [-0.15, -0.1) is 0 Å². The molecule has 1 saturated heterocycles. The van der Waals surface area contributed by atoms with Crippen LogP contribution < -0.4 is 5.32 Å². The number of hydrogen-bond acceptors (Lipinski definition) is 5. The molecular weight excluding hydrogens is 411 g/mol. The van der Waals surface area contributed by atoms with Gasteiger partial charge in [-0.1, -0.05) is 24.3 Å². The Morgan fingerprint density at radius 3 is 2.29 bits per heavy atom. The molecule has 0 bridgehead atoms. The molecule has 7 nitrogen and oxygen atoms in total. The number of carbonyl (C=O) groups is 1. The van der Waals surface area contributed by atoms with Gasteiger partial charge in [0, 0.05) is 68.6 Å². The lowest BCUT2D eigenvalue weighted by atomic mass is 10.0. The monoisotopic (exact) mass is 433 g/mol. The summed E-state index contributed by atoms with van der Waals surface area (Å²) in [4.78, 5) is 23.2. The maximum atomic E-state index is 10.6. The normalized spacial score (nSPS) is 14.5. The van der Waals surface area contributed by atoms with Gasteiger partial charge in [-0.25, -0.2) is 9.78 Å². The molecule has 0 unspecified atom stereocenters. The number of nitrogens with zero attached hydrogens (tertiary/aromatic N) is 3. The van der Waals surface area contributed by atoms with Crippen LogP contribution in [0, 0.1) is 0 Å². The molecule has 1 aliphatic rings. The molecule has 0 spiro atoms. The smallest absolute Gasteiger partial charge is 0.475 e. The van der Waals surface area contributed by atoms with E-state index in [0.717, 1.165) is 49.7 Å². The third-order valence-corrected chi connectivity index (χ3v) is 4.66. The standard InChI is InChI=1S/C19H21N5.C2HF3O2/c1-3-16(4-2-15(1)14-24-9-7-20-8-10-24)17-11-18(13-21-12-17)19-22-5-6-23-19;3-2(4,5)1(6)7/h1-6,11-13,20H,7-10,14H2,(H,22,23);(H,6,7). The molecule has 3 heterocycles. The first-order valence-electron chi connectivity index (χ1n) is 9.60. The first-order valence-corrected chi connectivity index (χ1v) is 9.60. The summed E-state index contributed by atoms with van der Waals surface area (Å²) in [5.74, 6) is -1.91. The van der Waals surface area contributed by atoms with E-state index in [-0.39, 0.29) is 0 Å². The Morgan fingerprint density at radius 1 is 1.06 bits per heavy atom. The summed E-state index contributed by atoms with van der Waals surface area (Å²) in [5, 5.41) is 10.5. The van der Waals surface area contributed by atoms with Crippen LogP contribution in [-0.2, 0) is 11.3 Å². The minimum Gasteiger partial charge on any atom is -0.475 e. The zero-order chi connectivity index (χ0) is 22.3. The number of aromatic amines is 1. The average Bonchev–Trinajstić information content (AvgIpc) is 3.30. The molecule has 4 rings (SSSR count). The van der Waals surface area contributed by atoms with Crippen LogP contribution in [0.5, 0.6) is 0 Å². The number of aliphatic carboxylic acids is 1. The third-order valence-electron chi connectivity index (χ3n) is 4.66. The zero-order valence-electron chi connectivity index (χ0n) is 16.6. The van der Waals surface area contributed by atoms with Gasteiger partial charge < -0.3 is 15.4 Å². The van der Waals surface area contributed by atoms with Crippen molar-refractivity contribution in [1.82, 2.24) is 25.2 Å². The van der Waals surface area contributed by atoms with Crippen molar-refractivity contribution in [2.45, 2.75) is 12.7 Å². The largest absolute Gasteiger partial charge is 0.490 e. The molecule has 164 valence electrons. The molecule has 1 fully saturated rings. The molecule has 10 heteroatoms. The van der Waals surface area contributed by atoms with Gasteiger partial charge in [-0.2, -0.15) is 13.2 Å². The van der Waals surface area contributed by atoms with Crippen molar-refractivity contribution in [3.05, 3.63) is 60.7 Å². The number of H-pyrrole nitrogens is 1. The maximum Gasteiger partial charge on any atom is 0.490 e. The topological polar surface area (TPSA) is 94.1 Å². The van der Waals surface area contributed by atoms with Crippen LogP contribution in [0.25, 0.3) is 22.5 Å². The van der Waals surface area contributed by atoms with Crippen LogP contribution in [0.4, 0.5) is 13.2 Å². The number of carboxylic acids is 1. The van der Waals surface area contributed by atoms with Crippen LogP contribution in [0.1, 0.15) is 5.56 Å². The quantitative estimate of drug-likeness (QED) is 0.585. The summed E-state index contributed by atoms with van der Waals surface area (Å²) in [5.41, 5.74) is 4.65. The fourth-order valence-corrected chi connectivity index (χ4v) is 3.08. The first kappa shape index (κ1) is 22.4. The number of alkyl halides is 3. The Balaban J connectivity index is 0.000000339. The minimum atomic E-state index is -5.08. The molecule has 0 saturated carbocycles. The fourth-order valence-electron chi connectivity index (χ4n) is 3.08. The highest BCUT2D eigenvalue weighted by molar-refractivity contribution is 5.73. The van der Waals surface area contributed by atoms with Gasteiger partial charge in [0.15, 0.2) is 0 Å². The predicted octanol–water partition coefficient (Wildman–Crippen LogP) is 3.18. The van der Waals surface area contributed by atoms with Crippen molar-refractivity contribution in [3.63, 3.8) is 0 Å². The van der Waals surface area contributed by atoms with Gasteiger partial charge in [0.05, 0.1) is 0 Å². The predicted molar refractivity (Wildman–Crippen MR) is 109 cm³/mol. The Bertz CT molecular complexity index is 969. The van der Waals surface area contributed by atoms with E-state index in [0.29, 0.717) is 0 Å². The number of benzene rings is 1. The number of rotatable bonds is 4. The molecule has 0 atom stereocenters. The van der Waals surface area contributed by atoms with Crippen molar-refractivity contribution in [1.29, 1.82) is 0 Å². The highest BCUT2D eigenvalue weighted by Crippen LogP contribution is 2.24. The Morgan fingerprint density at radius 2 is 1.71 bits per heavy atom. The lowest BCUT2D eigenvalue weighted by Crippen LogP contribution is -2.42. The van der Waals surface area contributed by atoms with E-state index in [1.807, 2.05) is 18.6 Å². The minimum absolute atomic E-state index is 0.847. The number of imidazole rings is 1. The van der Waals surface area contributed by atoms with Crippen molar-refractivity contribution in [2.75, 3.05) is 26.2 Å². The summed E-state index contributed by atoms with van der Waals surface area (Å²) in [6.07, 6.45) is 2.23. The van der Waals surface area contributed by atoms with Gasteiger partial charge in [0.25, 0.3) is 0 Å². The van der Waals surface area contributed by atoms with E-state index >= 15 is 0 Å². The number of piperazine rings is 1. The van der Waals surface area contributed by atoms with Crippen molar-refractivity contribution in [3.8, 4) is 22.5 Å². The second-order valence-corrected chi connectivity index (χ2v) is 6.93. The van der Waals surface area contributed by atoms with Crippen LogP contribution >= 0.6 is 0 Å². The van der Waals surface area contributed by atoms with Crippen LogP contribution in [0.3, 0.4) is 0 Å². The van der Waals surface area contributed by atoms with Crippen LogP contribution in [-0.4, -0.2) is 63.3 Å². The lowest BCUT2D eigenvalue weighted by molar-refractivity contribution is -0.192. The van der Waals surface area contributed by atoms with Gasteiger partial charge in [0.1, 0.15) is 5.82 Å². The molecule has 1 aromatic carbocycles. The van der Waals surface area contributed by atoms with Crippen molar-refractivity contribution >= 4 is 5.97 Å². The molecular formula is C21H22F3N5O2. The van der Waals surface area contributed by atoms with Gasteiger partial charge >= 0.3 is 12.1 Å². The Hall–Kier alpha value is -3.24. The number of nitrogens with one attached hydrogen (secondary N) is 2. The van der Waals surface area contributed by atoms with Gasteiger partial charge in [0.2, 0.25) is 0 Å². The molecule has 31 heavy (non-hydrogen) atoms. The van der Waals surface area contributed by atoms with E-state index in [1.54, 1.807) is 6.20 Å². The molecule has 3 aromatic rings. The molecule has 1 aliphatic heterocycles. The SMILES string of the molecule is O=C(O)C(F)(F)F.c1c[nH]c(-c2cncc(-c3ccc(CN4CCNCC4)cc3)c2)n1. The van der Waals surface area contributed by atoms with E-state index in [1.165, 1.54) is 11.1 Å². The Labute approximate surface area is 177 Å². The van der Waals surface area contributed by atoms with Crippen LogP contribution in [0.15, 0.2) is 55.1 Å². The second-order valence-electron chi connectivity index (χ2n) is 6.93. The lowest BCUT2D eigenvalue weighted by Gasteiger charge is -2.27. The highest BCUT2D eigenvalue weighted by Gasteiger charge is 2.38. The Kier molecular flexibility index (Phi) is 7.37. The number of carboxylic acid groups (broad SMARTS) is 1. The first-order chi connectivity index (χ1) is 14.8. The summed E-state index contributed by atoms with van der Waals surface area (Å²) in [6.45, 7) is 5.44. The number of hydrogen-bond donors (Lipinski definition) is 3. The molecule has 0 aliphatic carbocycles. The summed E-state index contributed by atoms with van der Waals surface area (Å²) < 4.78 is 31.7. The second kappa shape index (κ2) is 10.2. The fraction of sp³-hybridized carbons (Fsp3) is 0.286. The van der Waals surface area contributed by atoms with Gasteiger partial charge in [-0.05, 0) is 17.2 Å². The number of halogens is 3. The van der Waals surface area contributed by atoms with E-state index < -0.39 is 12.1 Å². The van der Waals surface area contributed by atoms with Gasteiger partial charge in [-0.3, -0.25) is 9.88 Å². The molecule has 2 aromatic heterocycles. The molecule has 0 amide bonds. The average molecular weight is 433 g/mol. The zero-order valence-corrected chi connectivity index (χ0v) is 16.6. The third kappa shape index (κ3) is 6.63. The van der Waals surface area contributed by atoms with Crippen LogP contribution in [0.2, 0.25) is 0 Å². The number of aromatic nitrogens is 3. The summed E-state index contributed by atoms with van der Waals surface area (Å²) >= 11 is 0. The summed E-state index contributed by atoms with van der Waals surface area (Å²) in [6, 6.07) is 10.9. The number of pyridine rings is 1.